The number of carbonyl (C=O) groups excluding carboxylic acids is 2. The van der Waals surface area contributed by atoms with Crippen molar-refractivity contribution in [2.24, 2.45) is 10.7 Å². The monoisotopic (exact) mass is 285 g/mol. The van der Waals surface area contributed by atoms with Crippen molar-refractivity contribution in [1.29, 1.82) is 0 Å². The van der Waals surface area contributed by atoms with Gasteiger partial charge in [-0.25, -0.2) is 4.79 Å². The molecule has 0 saturated carbocycles. The van der Waals surface area contributed by atoms with E-state index in [1.165, 1.54) is 12.1 Å². The van der Waals surface area contributed by atoms with Crippen LogP contribution in [0, 0.1) is 10.1 Å². The highest BCUT2D eigenvalue weighted by atomic mass is 79.9. The lowest BCUT2D eigenvalue weighted by Crippen LogP contribution is -2.11. The summed E-state index contributed by atoms with van der Waals surface area (Å²) < 4.78 is 0.124. The highest BCUT2D eigenvalue weighted by Gasteiger charge is 2.20. The van der Waals surface area contributed by atoms with Crippen LogP contribution in [0.15, 0.2) is 21.6 Å². The van der Waals surface area contributed by atoms with Crippen molar-refractivity contribution in [3.8, 4) is 0 Å². The van der Waals surface area contributed by atoms with Gasteiger partial charge in [0.2, 0.25) is 12.0 Å². The average molecular weight is 286 g/mol. The molecule has 0 radical (unpaired) electrons. The van der Waals surface area contributed by atoms with Gasteiger partial charge in [-0.2, -0.15) is 4.99 Å². The molecule has 0 fully saturated rings. The van der Waals surface area contributed by atoms with Crippen LogP contribution in [0.2, 0.25) is 0 Å². The van der Waals surface area contributed by atoms with Crippen molar-refractivity contribution in [3.05, 3.63) is 32.3 Å². The summed E-state index contributed by atoms with van der Waals surface area (Å²) in [6.07, 6.45) is 1.19. The van der Waals surface area contributed by atoms with Gasteiger partial charge >= 0.3 is 0 Å². The molecule has 0 aromatic heterocycles. The zero-order chi connectivity index (χ0) is 12.3. The summed E-state index contributed by atoms with van der Waals surface area (Å²) in [5, 5.41) is 10.7. The van der Waals surface area contributed by atoms with Gasteiger partial charge in [-0.3, -0.25) is 14.9 Å². The van der Waals surface area contributed by atoms with E-state index in [9.17, 15) is 19.7 Å². The maximum atomic E-state index is 10.9. The number of hydrogen-bond acceptors (Lipinski definition) is 5. The molecule has 82 valence electrons. The Kier molecular flexibility index (Phi) is 3.49. The number of nitrogens with two attached hydrogens (primary N) is 1. The van der Waals surface area contributed by atoms with Gasteiger partial charge in [-0.05, 0) is 22.0 Å². The first-order chi connectivity index (χ1) is 7.47. The smallest absolute Gasteiger partial charge is 0.297 e. The predicted octanol–water partition coefficient (Wildman–Crippen LogP) is 1.42. The number of primary amides is 1. The fourth-order valence-corrected chi connectivity index (χ4v) is 1.56. The molecule has 0 aliphatic rings. The van der Waals surface area contributed by atoms with Crippen molar-refractivity contribution in [3.63, 3.8) is 0 Å². The second-order valence-electron chi connectivity index (χ2n) is 2.65. The van der Waals surface area contributed by atoms with E-state index >= 15 is 0 Å². The van der Waals surface area contributed by atoms with Gasteiger partial charge < -0.3 is 5.73 Å². The molecule has 1 aromatic carbocycles. The summed E-state index contributed by atoms with van der Waals surface area (Å²) in [4.78, 5) is 34.0. The van der Waals surface area contributed by atoms with Crippen LogP contribution >= 0.6 is 15.9 Å². The molecule has 7 nitrogen and oxygen atoms in total. The van der Waals surface area contributed by atoms with Gasteiger partial charge in [0.05, 0.1) is 9.40 Å². The van der Waals surface area contributed by atoms with E-state index < -0.39 is 16.5 Å². The first-order valence-electron chi connectivity index (χ1n) is 3.83. The summed E-state index contributed by atoms with van der Waals surface area (Å²) in [6.45, 7) is 0. The van der Waals surface area contributed by atoms with Crippen LogP contribution in [0.5, 0.6) is 0 Å². The van der Waals surface area contributed by atoms with Crippen LogP contribution in [0.4, 0.5) is 11.4 Å². The zero-order valence-electron chi connectivity index (χ0n) is 7.64. The molecule has 1 amide bonds. The fraction of sp³-hybridized carbons (Fsp3) is 0. The van der Waals surface area contributed by atoms with E-state index in [-0.39, 0.29) is 15.7 Å². The van der Waals surface area contributed by atoms with E-state index in [1.807, 2.05) is 0 Å². The third-order valence-corrected chi connectivity index (χ3v) is 2.29. The topological polar surface area (TPSA) is 116 Å². The number of aliphatic imine (C=N–C) groups is 1. The second-order valence-corrected chi connectivity index (χ2v) is 3.50. The summed E-state index contributed by atoms with van der Waals surface area (Å²) in [6, 6.07) is 2.19. The maximum Gasteiger partial charge on any atom is 0.297 e. The van der Waals surface area contributed by atoms with Crippen LogP contribution in [0.3, 0.4) is 0 Å². The molecule has 0 unspecified atom stereocenters. The zero-order valence-corrected chi connectivity index (χ0v) is 9.22. The molecule has 0 saturated heterocycles. The molecule has 0 spiro atoms. The van der Waals surface area contributed by atoms with Gasteiger partial charge in [-0.15, -0.1) is 0 Å². The van der Waals surface area contributed by atoms with Gasteiger partial charge in [0, 0.05) is 11.6 Å². The van der Waals surface area contributed by atoms with E-state index in [4.69, 9.17) is 5.73 Å². The molecule has 2 N–H and O–H groups in total. The Morgan fingerprint density at radius 2 is 2.19 bits per heavy atom. The van der Waals surface area contributed by atoms with Gasteiger partial charge in [0.1, 0.15) is 0 Å². The van der Waals surface area contributed by atoms with Crippen molar-refractivity contribution in [2.45, 2.75) is 0 Å². The minimum Gasteiger partial charge on any atom is -0.366 e. The molecule has 1 rings (SSSR count). The minimum atomic E-state index is -0.814. The number of rotatable bonds is 3. The highest BCUT2D eigenvalue weighted by molar-refractivity contribution is 9.10. The lowest BCUT2D eigenvalue weighted by molar-refractivity contribution is -0.384. The second kappa shape index (κ2) is 4.65. The standard InChI is InChI=1S/C8H4BrN3O4/c9-5-1-4(8(10)14)2-6(12(15)16)7(5)11-3-13/h1-2H,(H2,10,14). The van der Waals surface area contributed by atoms with E-state index in [2.05, 4.69) is 20.9 Å². The lowest BCUT2D eigenvalue weighted by Gasteiger charge is -2.01. The van der Waals surface area contributed by atoms with Crippen LogP contribution in [-0.2, 0) is 4.79 Å². The normalized spacial score (nSPS) is 9.31. The summed E-state index contributed by atoms with van der Waals surface area (Å²) in [5.41, 5.74) is 4.24. The van der Waals surface area contributed by atoms with E-state index in [1.54, 1.807) is 0 Å². The van der Waals surface area contributed by atoms with E-state index in [0.717, 1.165) is 6.07 Å². The SMILES string of the molecule is NC(=O)c1cc(Br)c(N=C=O)c([N+](=O)[O-])c1. The number of halogens is 1. The Hall–Kier alpha value is -2.05. The number of nitrogens with zero attached hydrogens (tertiary/aromatic N) is 2. The molecule has 16 heavy (non-hydrogen) atoms. The molecule has 0 atom stereocenters. The Morgan fingerprint density at radius 3 is 2.62 bits per heavy atom. The quantitative estimate of drug-likeness (QED) is 0.391. The Labute approximate surface area is 97.2 Å². The summed E-state index contributed by atoms with van der Waals surface area (Å²) in [7, 11) is 0. The molecular weight excluding hydrogens is 282 g/mol. The molecule has 0 bridgehead atoms. The number of isocyanates is 1. The van der Waals surface area contributed by atoms with Crippen LogP contribution in [0.1, 0.15) is 10.4 Å². The van der Waals surface area contributed by atoms with Gasteiger partial charge in [-0.1, -0.05) is 0 Å². The predicted molar refractivity (Wildman–Crippen MR) is 57.1 cm³/mol. The van der Waals surface area contributed by atoms with Crippen LogP contribution < -0.4 is 5.73 Å². The van der Waals surface area contributed by atoms with Crippen molar-refractivity contribution < 1.29 is 14.5 Å². The molecule has 0 heterocycles. The Morgan fingerprint density at radius 1 is 1.56 bits per heavy atom. The Balaban J connectivity index is 3.57. The lowest BCUT2D eigenvalue weighted by atomic mass is 10.1. The number of amides is 1. The molecule has 0 aliphatic carbocycles. The van der Waals surface area contributed by atoms with Crippen molar-refractivity contribution in [1.82, 2.24) is 0 Å². The summed E-state index contributed by atoms with van der Waals surface area (Å²) in [5.74, 6) is -0.814. The number of nitro groups is 1. The third-order valence-electron chi connectivity index (χ3n) is 1.68. The van der Waals surface area contributed by atoms with Crippen molar-refractivity contribution in [2.75, 3.05) is 0 Å². The molecule has 1 aromatic rings. The molecule has 0 aliphatic heterocycles. The Bertz CT molecular complexity index is 522. The van der Waals surface area contributed by atoms with Gasteiger partial charge in [0.15, 0.2) is 5.69 Å². The van der Waals surface area contributed by atoms with Crippen LogP contribution in [-0.4, -0.2) is 16.9 Å². The first-order valence-corrected chi connectivity index (χ1v) is 4.62. The molecular formula is C8H4BrN3O4. The number of nitro benzene ring substituents is 1. The fourth-order valence-electron chi connectivity index (χ4n) is 1.02. The summed E-state index contributed by atoms with van der Waals surface area (Å²) >= 11 is 2.95. The maximum absolute atomic E-state index is 10.9. The first kappa shape index (κ1) is 12.0. The number of carbonyl (C=O) groups is 1. The average Bonchev–Trinajstić information content (AvgIpc) is 2.20. The number of benzene rings is 1. The van der Waals surface area contributed by atoms with Gasteiger partial charge in [0.25, 0.3) is 5.69 Å². The number of hydrogen-bond donors (Lipinski definition) is 1. The largest absolute Gasteiger partial charge is 0.366 e. The molecule has 8 heteroatoms. The van der Waals surface area contributed by atoms with E-state index in [0.29, 0.717) is 0 Å². The minimum absolute atomic E-state index is 0.0524. The third kappa shape index (κ3) is 2.30. The van der Waals surface area contributed by atoms with Crippen LogP contribution in [0.25, 0.3) is 0 Å². The van der Waals surface area contributed by atoms with Crippen molar-refractivity contribution >= 4 is 39.3 Å². The highest BCUT2D eigenvalue weighted by Crippen LogP contribution is 2.36.